The summed E-state index contributed by atoms with van der Waals surface area (Å²) in [6, 6.07) is 8.58. The Labute approximate surface area is 333 Å². The maximum Gasteiger partial charge on any atom is 0.192 e. The number of Topliss-reactive ketones (excluding diaryl/α,β-unsaturated/α-hetero) is 1. The molecule has 0 bridgehead atoms. The number of rotatable bonds is 26. The van der Waals surface area contributed by atoms with Crippen molar-refractivity contribution in [2.24, 2.45) is 11.8 Å². The number of methoxy groups -OCH3 is 3. The first-order chi connectivity index (χ1) is 24.9. The number of halogens is 1. The standard InChI is InChI=1S/C42H73BrO8Si2/c1-15-53(16-2,17-3)51-40(27-36(46-10)25-31(4)24-35(20-18-19-23-43)50-52(13,14)42(7,8)9)33(6)38(45)28-37(44)32(5)29-49-30-34-21-22-39(47-11)41(26-34)48-12/h18-23,25-26,32-33,35-36,38,40,45H,15-17,24,27-30H2,1-14H3/b20-18+,23-19+,31-25+/t32-,33-,35+,36-,38+,40+/m1/s1. The summed E-state index contributed by atoms with van der Waals surface area (Å²) in [5, 5.41) is 11.6. The van der Waals surface area contributed by atoms with Gasteiger partial charge < -0.3 is 32.9 Å². The van der Waals surface area contributed by atoms with E-state index in [2.05, 4.69) is 89.6 Å². The van der Waals surface area contributed by atoms with Gasteiger partial charge in [0.15, 0.2) is 28.1 Å². The zero-order chi connectivity index (χ0) is 40.4. The van der Waals surface area contributed by atoms with Crippen LogP contribution in [0.3, 0.4) is 0 Å². The minimum Gasteiger partial charge on any atom is -0.493 e. The van der Waals surface area contributed by atoms with Crippen molar-refractivity contribution in [2.75, 3.05) is 27.9 Å². The molecule has 0 fully saturated rings. The second-order valence-corrected chi connectivity index (χ2v) is 26.0. The van der Waals surface area contributed by atoms with Gasteiger partial charge in [-0.3, -0.25) is 4.79 Å². The first kappa shape index (κ1) is 49.4. The van der Waals surface area contributed by atoms with Gasteiger partial charge in [-0.25, -0.2) is 0 Å². The van der Waals surface area contributed by atoms with Crippen molar-refractivity contribution in [1.29, 1.82) is 0 Å². The highest BCUT2D eigenvalue weighted by Crippen LogP contribution is 2.38. The summed E-state index contributed by atoms with van der Waals surface area (Å²) in [5.74, 6) is 0.594. The fraction of sp³-hybridized carbons (Fsp3) is 0.690. The minimum atomic E-state index is -2.07. The number of carbonyl (C=O) groups excluding carboxylic acids is 1. The summed E-state index contributed by atoms with van der Waals surface area (Å²) >= 11 is 3.36. The second kappa shape index (κ2) is 24.1. The highest BCUT2D eigenvalue weighted by atomic mass is 79.9. The third-order valence-corrected chi connectivity index (χ3v) is 20.6. The summed E-state index contributed by atoms with van der Waals surface area (Å²) in [4.78, 5) is 15.2. The number of hydrogen-bond donors (Lipinski definition) is 1. The molecule has 0 heterocycles. The Morgan fingerprint density at radius 2 is 1.55 bits per heavy atom. The lowest BCUT2D eigenvalue weighted by atomic mass is 9.88. The van der Waals surface area contributed by atoms with Gasteiger partial charge in [0, 0.05) is 31.8 Å². The van der Waals surface area contributed by atoms with Crippen molar-refractivity contribution in [1.82, 2.24) is 0 Å². The summed E-state index contributed by atoms with van der Waals surface area (Å²) in [5.41, 5.74) is 2.09. The van der Waals surface area contributed by atoms with Crippen LogP contribution in [0.4, 0.5) is 0 Å². The molecule has 0 unspecified atom stereocenters. The van der Waals surface area contributed by atoms with Gasteiger partial charge in [0.1, 0.15) is 5.78 Å². The van der Waals surface area contributed by atoms with Crippen molar-refractivity contribution in [3.8, 4) is 11.5 Å². The summed E-state index contributed by atoms with van der Waals surface area (Å²) in [7, 11) is 0.838. The van der Waals surface area contributed by atoms with E-state index in [1.54, 1.807) is 21.3 Å². The molecule has 1 aromatic rings. The van der Waals surface area contributed by atoms with E-state index < -0.39 is 22.7 Å². The molecule has 0 aromatic heterocycles. The first-order valence-electron chi connectivity index (χ1n) is 19.3. The average molecular weight is 842 g/mol. The summed E-state index contributed by atoms with van der Waals surface area (Å²) in [6.45, 7) is 24.6. The molecule has 0 radical (unpaired) electrons. The van der Waals surface area contributed by atoms with Crippen molar-refractivity contribution in [3.05, 3.63) is 58.6 Å². The van der Waals surface area contributed by atoms with E-state index in [0.29, 0.717) is 24.5 Å². The number of hydrogen-bond acceptors (Lipinski definition) is 8. The highest BCUT2D eigenvalue weighted by Gasteiger charge is 2.39. The Morgan fingerprint density at radius 1 is 0.925 bits per heavy atom. The fourth-order valence-corrected chi connectivity index (χ4v) is 10.4. The van der Waals surface area contributed by atoms with Crippen molar-refractivity contribution >= 4 is 38.3 Å². The van der Waals surface area contributed by atoms with Crippen LogP contribution >= 0.6 is 15.9 Å². The molecule has 0 aliphatic rings. The van der Waals surface area contributed by atoms with Crippen LogP contribution in [0.1, 0.15) is 87.1 Å². The Balaban J connectivity index is 3.15. The van der Waals surface area contributed by atoms with Gasteiger partial charge in [0.2, 0.25) is 0 Å². The highest BCUT2D eigenvalue weighted by molar-refractivity contribution is 9.11. The van der Waals surface area contributed by atoms with E-state index >= 15 is 0 Å². The Hall–Kier alpha value is -1.58. The lowest BCUT2D eigenvalue weighted by molar-refractivity contribution is -0.127. The van der Waals surface area contributed by atoms with Crippen LogP contribution in [0.25, 0.3) is 0 Å². The predicted molar refractivity (Wildman–Crippen MR) is 228 cm³/mol. The van der Waals surface area contributed by atoms with Crippen LogP contribution in [0.5, 0.6) is 11.5 Å². The normalized spacial score (nSPS) is 16.8. The molecule has 11 heteroatoms. The number of ketones is 1. The third kappa shape index (κ3) is 16.6. The minimum absolute atomic E-state index is 0.0324. The molecular weight excluding hydrogens is 769 g/mol. The summed E-state index contributed by atoms with van der Waals surface area (Å²) in [6.07, 6.45) is 8.20. The van der Waals surface area contributed by atoms with E-state index in [0.717, 1.165) is 30.1 Å². The van der Waals surface area contributed by atoms with Gasteiger partial charge >= 0.3 is 0 Å². The zero-order valence-electron chi connectivity index (χ0n) is 35.4. The van der Waals surface area contributed by atoms with Crippen LogP contribution < -0.4 is 9.47 Å². The Bertz CT molecular complexity index is 1300. The molecule has 0 aliphatic carbocycles. The van der Waals surface area contributed by atoms with E-state index in [9.17, 15) is 9.90 Å². The van der Waals surface area contributed by atoms with Crippen molar-refractivity contribution < 1.29 is 37.7 Å². The molecule has 0 saturated heterocycles. The van der Waals surface area contributed by atoms with Gasteiger partial charge in [-0.2, -0.15) is 0 Å². The number of aliphatic hydroxyl groups excluding tert-OH is 1. The molecule has 1 N–H and O–H groups in total. The molecule has 0 saturated carbocycles. The van der Waals surface area contributed by atoms with Crippen LogP contribution in [0, 0.1) is 11.8 Å². The van der Waals surface area contributed by atoms with E-state index in [1.807, 2.05) is 49.2 Å². The third-order valence-electron chi connectivity index (χ3n) is 11.1. The lowest BCUT2D eigenvalue weighted by Gasteiger charge is -2.39. The van der Waals surface area contributed by atoms with E-state index in [-0.39, 0.29) is 54.0 Å². The largest absolute Gasteiger partial charge is 0.493 e. The Kier molecular flexibility index (Phi) is 22.5. The molecule has 1 aromatic carbocycles. The smallest absolute Gasteiger partial charge is 0.192 e. The number of allylic oxidation sites excluding steroid dienone is 2. The average Bonchev–Trinajstić information content (AvgIpc) is 3.11. The van der Waals surface area contributed by atoms with Gasteiger partial charge in [0.25, 0.3) is 0 Å². The first-order valence-corrected chi connectivity index (χ1v) is 25.7. The van der Waals surface area contributed by atoms with Crippen LogP contribution in [-0.2, 0) is 29.7 Å². The molecule has 6 atom stereocenters. The lowest BCUT2D eigenvalue weighted by Crippen LogP contribution is -2.46. The topological polar surface area (TPSA) is 92.7 Å². The molecule has 0 aliphatic heterocycles. The van der Waals surface area contributed by atoms with Crippen LogP contribution in [0.2, 0.25) is 36.3 Å². The molecule has 53 heavy (non-hydrogen) atoms. The van der Waals surface area contributed by atoms with E-state index in [4.69, 9.17) is 27.8 Å². The molecule has 1 rings (SSSR count). The number of benzene rings is 1. The van der Waals surface area contributed by atoms with Crippen molar-refractivity contribution in [3.63, 3.8) is 0 Å². The van der Waals surface area contributed by atoms with Gasteiger partial charge in [-0.15, -0.1) is 0 Å². The monoisotopic (exact) mass is 840 g/mol. The fourth-order valence-electron chi connectivity index (χ4n) is 6.05. The molecule has 304 valence electrons. The van der Waals surface area contributed by atoms with E-state index in [1.165, 1.54) is 5.57 Å². The van der Waals surface area contributed by atoms with Gasteiger partial charge in [-0.1, -0.05) is 107 Å². The quantitative estimate of drug-likeness (QED) is 0.0560. The molecule has 0 amide bonds. The molecule has 0 spiro atoms. The van der Waals surface area contributed by atoms with Gasteiger partial charge in [-0.05, 0) is 72.3 Å². The maximum atomic E-state index is 13.4. The van der Waals surface area contributed by atoms with Crippen LogP contribution in [0.15, 0.2) is 53.1 Å². The maximum absolute atomic E-state index is 13.4. The predicted octanol–water partition coefficient (Wildman–Crippen LogP) is 10.8. The van der Waals surface area contributed by atoms with Crippen LogP contribution in [-0.4, -0.2) is 79.9 Å². The van der Waals surface area contributed by atoms with Crippen molar-refractivity contribution in [2.45, 2.75) is 149 Å². The number of ether oxygens (including phenoxy) is 4. The Morgan fingerprint density at radius 3 is 2.08 bits per heavy atom. The summed E-state index contributed by atoms with van der Waals surface area (Å²) < 4.78 is 36.6. The zero-order valence-corrected chi connectivity index (χ0v) is 39.0. The molecular formula is C42H73BrO8Si2. The number of carbonyl (C=O) groups is 1. The second-order valence-electron chi connectivity index (χ2n) is 15.9. The van der Waals surface area contributed by atoms with Gasteiger partial charge in [0.05, 0.1) is 51.8 Å². The SMILES string of the molecule is CC[Si](CC)(CC)O[C@@H](C[C@@H](/C=C(\C)C[C@H](/C=C/C=C/Br)O[Si](C)(C)C(C)(C)C)OC)[C@H](C)[C@@H](O)CC(=O)[C@H](C)COCc1ccc(OC)c(OC)c1. The molecule has 8 nitrogen and oxygen atoms in total. The number of aliphatic hydroxyl groups is 1.